The topological polar surface area (TPSA) is 82.7 Å². The van der Waals surface area contributed by atoms with Gasteiger partial charge in [-0.05, 0) is 11.1 Å². The van der Waals surface area contributed by atoms with Crippen molar-refractivity contribution < 1.29 is 19.7 Å². The number of benzene rings is 1. The predicted octanol–water partition coefficient (Wildman–Crippen LogP) is 1.01. The van der Waals surface area contributed by atoms with E-state index in [-0.39, 0.29) is 6.61 Å². The molecule has 0 aliphatic carbocycles. The number of hydrogen-bond donors (Lipinski definition) is 2. The monoisotopic (exact) mass is 265 g/mol. The fraction of sp³-hybridized carbons (Fsp3) is 0.500. The summed E-state index contributed by atoms with van der Waals surface area (Å²) in [6.45, 7) is -0.385. The van der Waals surface area contributed by atoms with E-state index in [4.69, 9.17) is 19.8 Å². The van der Waals surface area contributed by atoms with E-state index in [2.05, 4.69) is 0 Å². The second kappa shape index (κ2) is 7.87. The highest BCUT2D eigenvalue weighted by molar-refractivity contribution is 5.30. The van der Waals surface area contributed by atoms with Crippen molar-refractivity contribution in [2.45, 2.75) is 18.8 Å². The first-order valence-corrected chi connectivity index (χ1v) is 5.99. The first kappa shape index (κ1) is 15.6. The highest BCUT2D eigenvalue weighted by atomic mass is 16.7. The van der Waals surface area contributed by atoms with Crippen LogP contribution >= 0.6 is 0 Å². The van der Waals surface area contributed by atoms with Crippen LogP contribution in [0.15, 0.2) is 24.3 Å². The zero-order valence-electron chi connectivity index (χ0n) is 11.1. The van der Waals surface area contributed by atoms with Crippen LogP contribution in [0.2, 0.25) is 0 Å². The van der Waals surface area contributed by atoms with Gasteiger partial charge < -0.3 is 19.7 Å². The molecule has 0 spiro atoms. The lowest BCUT2D eigenvalue weighted by molar-refractivity contribution is -0.101. The number of hydrogen-bond acceptors (Lipinski definition) is 5. The number of methoxy groups -OCH3 is 2. The predicted molar refractivity (Wildman–Crippen MR) is 69.1 cm³/mol. The lowest BCUT2D eigenvalue weighted by Crippen LogP contribution is -2.20. The molecule has 0 radical (unpaired) electrons. The molecule has 0 saturated heterocycles. The minimum absolute atomic E-state index is 0.385. The van der Waals surface area contributed by atoms with Crippen molar-refractivity contribution in [3.05, 3.63) is 35.4 Å². The lowest BCUT2D eigenvalue weighted by atomic mass is 9.92. The molecule has 0 amide bonds. The minimum Gasteiger partial charge on any atom is -0.395 e. The van der Waals surface area contributed by atoms with Gasteiger partial charge in [-0.25, -0.2) is 0 Å². The minimum atomic E-state index is -1.03. The Hall–Kier alpha value is -1.45. The summed E-state index contributed by atoms with van der Waals surface area (Å²) in [6, 6.07) is 9.10. The molecule has 1 aromatic carbocycles. The Kier molecular flexibility index (Phi) is 6.46. The van der Waals surface area contributed by atoms with E-state index < -0.39 is 18.3 Å². The Labute approximate surface area is 113 Å². The quantitative estimate of drug-likeness (QED) is 0.719. The van der Waals surface area contributed by atoms with Crippen LogP contribution in [-0.4, -0.2) is 37.3 Å². The molecule has 1 aromatic rings. The van der Waals surface area contributed by atoms with Gasteiger partial charge in [-0.3, -0.25) is 0 Å². The fourth-order valence-electron chi connectivity index (χ4n) is 1.88. The first-order valence-electron chi connectivity index (χ1n) is 5.99. The van der Waals surface area contributed by atoms with Crippen molar-refractivity contribution in [3.8, 4) is 6.07 Å². The Bertz CT molecular complexity index is 426. The largest absolute Gasteiger partial charge is 0.395 e. The van der Waals surface area contributed by atoms with Gasteiger partial charge in [0.1, 0.15) is 0 Å². The molecule has 0 aromatic heterocycles. The van der Waals surface area contributed by atoms with Crippen LogP contribution in [-0.2, 0) is 15.9 Å². The number of aliphatic hydroxyl groups excluding tert-OH is 2. The van der Waals surface area contributed by atoms with Gasteiger partial charge in [-0.1, -0.05) is 24.3 Å². The maximum Gasteiger partial charge on any atom is 0.160 e. The number of nitriles is 1. The molecule has 0 bridgehead atoms. The summed E-state index contributed by atoms with van der Waals surface area (Å²) in [5.74, 6) is -0.843. The van der Waals surface area contributed by atoms with Gasteiger partial charge in [0.15, 0.2) is 6.29 Å². The molecule has 5 nitrogen and oxygen atoms in total. The van der Waals surface area contributed by atoms with E-state index in [9.17, 15) is 5.11 Å². The van der Waals surface area contributed by atoms with Crippen molar-refractivity contribution in [1.29, 1.82) is 5.26 Å². The van der Waals surface area contributed by atoms with E-state index in [0.29, 0.717) is 12.0 Å². The Morgan fingerprint density at radius 3 is 2.42 bits per heavy atom. The van der Waals surface area contributed by atoms with Crippen LogP contribution < -0.4 is 0 Å². The maximum absolute atomic E-state index is 10.2. The van der Waals surface area contributed by atoms with Crippen LogP contribution in [0, 0.1) is 17.2 Å². The van der Waals surface area contributed by atoms with E-state index in [1.165, 1.54) is 0 Å². The zero-order chi connectivity index (χ0) is 14.3. The van der Waals surface area contributed by atoms with Gasteiger partial charge in [0.05, 0.1) is 24.7 Å². The summed E-state index contributed by atoms with van der Waals surface area (Å²) in [7, 11) is 3.08. The summed E-state index contributed by atoms with van der Waals surface area (Å²) in [5.41, 5.74) is 1.44. The zero-order valence-corrected chi connectivity index (χ0v) is 11.1. The molecular weight excluding hydrogens is 246 g/mol. The summed E-state index contributed by atoms with van der Waals surface area (Å²) in [4.78, 5) is 0. The third-order valence-electron chi connectivity index (χ3n) is 3.03. The highest BCUT2D eigenvalue weighted by Crippen LogP contribution is 2.26. The van der Waals surface area contributed by atoms with Crippen molar-refractivity contribution in [1.82, 2.24) is 0 Å². The second-order valence-electron chi connectivity index (χ2n) is 4.17. The Morgan fingerprint density at radius 2 is 1.89 bits per heavy atom. The van der Waals surface area contributed by atoms with Gasteiger partial charge in [0, 0.05) is 20.6 Å². The van der Waals surface area contributed by atoms with E-state index in [0.717, 1.165) is 5.56 Å². The molecule has 0 fully saturated rings. The summed E-state index contributed by atoms with van der Waals surface area (Å²) >= 11 is 0. The smallest absolute Gasteiger partial charge is 0.160 e. The molecule has 2 N–H and O–H groups in total. The third kappa shape index (κ3) is 4.01. The molecule has 0 aliphatic heterocycles. The SMILES string of the molecule is COC(Cc1ccccc1[C@H](O)[C@H](C#N)CO)OC. The molecular formula is C14H19NO4. The van der Waals surface area contributed by atoms with Crippen LogP contribution in [0.1, 0.15) is 17.2 Å². The van der Waals surface area contributed by atoms with Gasteiger partial charge in [0.2, 0.25) is 0 Å². The van der Waals surface area contributed by atoms with Crippen molar-refractivity contribution in [3.63, 3.8) is 0 Å². The van der Waals surface area contributed by atoms with Crippen LogP contribution in [0.4, 0.5) is 0 Å². The van der Waals surface area contributed by atoms with Gasteiger partial charge in [0.25, 0.3) is 0 Å². The van der Waals surface area contributed by atoms with Crippen LogP contribution in [0.3, 0.4) is 0 Å². The van der Waals surface area contributed by atoms with E-state index in [1.54, 1.807) is 26.4 Å². The average molecular weight is 265 g/mol. The molecule has 0 aliphatic rings. The number of ether oxygens (including phenoxy) is 2. The molecule has 5 heteroatoms. The summed E-state index contributed by atoms with van der Waals surface area (Å²) < 4.78 is 10.3. The Morgan fingerprint density at radius 1 is 1.26 bits per heavy atom. The van der Waals surface area contributed by atoms with E-state index >= 15 is 0 Å². The number of nitrogens with zero attached hydrogens (tertiary/aromatic N) is 1. The number of aliphatic hydroxyl groups is 2. The van der Waals surface area contributed by atoms with Crippen LogP contribution in [0.5, 0.6) is 0 Å². The molecule has 19 heavy (non-hydrogen) atoms. The average Bonchev–Trinajstić information content (AvgIpc) is 2.46. The molecule has 0 heterocycles. The highest BCUT2D eigenvalue weighted by Gasteiger charge is 2.23. The lowest BCUT2D eigenvalue weighted by Gasteiger charge is -2.20. The second-order valence-corrected chi connectivity index (χ2v) is 4.17. The first-order chi connectivity index (χ1) is 9.17. The summed E-state index contributed by atoms with van der Waals surface area (Å²) in [6.07, 6.45) is -0.979. The van der Waals surface area contributed by atoms with Gasteiger partial charge in [-0.2, -0.15) is 5.26 Å². The van der Waals surface area contributed by atoms with Gasteiger partial charge in [-0.15, -0.1) is 0 Å². The molecule has 1 rings (SSSR count). The maximum atomic E-state index is 10.2. The fourth-order valence-corrected chi connectivity index (χ4v) is 1.88. The standard InChI is InChI=1S/C14H19NO4/c1-18-13(19-2)7-10-5-3-4-6-12(10)14(17)11(8-15)9-16/h3-6,11,13-14,16-17H,7,9H2,1-2H3/t11-,14-/m1/s1. The molecule has 0 saturated carbocycles. The van der Waals surface area contributed by atoms with Gasteiger partial charge >= 0.3 is 0 Å². The summed E-state index contributed by atoms with van der Waals surface area (Å²) in [5, 5.41) is 28.1. The molecule has 2 atom stereocenters. The third-order valence-corrected chi connectivity index (χ3v) is 3.03. The van der Waals surface area contributed by atoms with Crippen molar-refractivity contribution in [2.24, 2.45) is 5.92 Å². The van der Waals surface area contributed by atoms with Crippen molar-refractivity contribution in [2.75, 3.05) is 20.8 Å². The Balaban J connectivity index is 2.98. The van der Waals surface area contributed by atoms with Crippen LogP contribution in [0.25, 0.3) is 0 Å². The molecule has 104 valence electrons. The van der Waals surface area contributed by atoms with Crippen molar-refractivity contribution >= 4 is 0 Å². The van der Waals surface area contributed by atoms with E-state index in [1.807, 2.05) is 18.2 Å². The number of rotatable bonds is 7. The normalized spacial score (nSPS) is 14.1. The molecule has 0 unspecified atom stereocenters.